The summed E-state index contributed by atoms with van der Waals surface area (Å²) < 4.78 is 0. The Morgan fingerprint density at radius 2 is 1.68 bits per heavy atom. The van der Waals surface area contributed by atoms with Gasteiger partial charge in [-0.05, 0) is 22.8 Å². The normalized spacial score (nSPS) is 15.4. The van der Waals surface area contributed by atoms with E-state index in [0.717, 1.165) is 16.7 Å². The summed E-state index contributed by atoms with van der Waals surface area (Å²) in [5, 5.41) is 14.1. The molecule has 0 aromatic heterocycles. The van der Waals surface area contributed by atoms with Gasteiger partial charge in [0.05, 0.1) is 12.0 Å². The van der Waals surface area contributed by atoms with Gasteiger partial charge in [0, 0.05) is 24.4 Å². The third-order valence-corrected chi connectivity index (χ3v) is 4.45. The van der Waals surface area contributed by atoms with Gasteiger partial charge in [0.1, 0.15) is 0 Å². The van der Waals surface area contributed by atoms with Crippen LogP contribution in [0, 0.1) is 0 Å². The van der Waals surface area contributed by atoms with Crippen molar-refractivity contribution in [1.29, 1.82) is 0 Å². The quantitative estimate of drug-likeness (QED) is 0.911. The number of nitrogens with one attached hydrogen (secondary N) is 1. The summed E-state index contributed by atoms with van der Waals surface area (Å²) in [6.07, 6.45) is 1.38. The molecule has 114 valence electrons. The van der Waals surface area contributed by atoms with Crippen molar-refractivity contribution in [3.05, 3.63) is 70.2 Å². The average Bonchev–Trinajstić information content (AvgIpc) is 2.84. The number of amides is 1. The highest BCUT2D eigenvalue weighted by Crippen LogP contribution is 2.29. The summed E-state index contributed by atoms with van der Waals surface area (Å²) in [6, 6.07) is 15.3. The van der Waals surface area contributed by atoms with E-state index < -0.39 is 5.60 Å². The van der Waals surface area contributed by atoms with Crippen LogP contribution >= 0.6 is 11.6 Å². The van der Waals surface area contributed by atoms with Gasteiger partial charge in [0.15, 0.2) is 0 Å². The van der Waals surface area contributed by atoms with E-state index in [1.165, 1.54) is 0 Å². The third-order valence-electron chi connectivity index (χ3n) is 4.08. The molecule has 4 heteroatoms. The van der Waals surface area contributed by atoms with Crippen molar-refractivity contribution in [2.45, 2.75) is 24.9 Å². The van der Waals surface area contributed by atoms with Gasteiger partial charge in [-0.15, -0.1) is 0 Å². The molecule has 1 aliphatic rings. The highest BCUT2D eigenvalue weighted by atomic mass is 35.5. The molecule has 0 atom stereocenters. The first-order valence-corrected chi connectivity index (χ1v) is 7.73. The minimum atomic E-state index is -0.889. The van der Waals surface area contributed by atoms with Gasteiger partial charge in [-0.3, -0.25) is 4.79 Å². The van der Waals surface area contributed by atoms with Crippen molar-refractivity contribution in [2.75, 3.05) is 6.54 Å². The summed E-state index contributed by atoms with van der Waals surface area (Å²) in [6.45, 7) is 0.255. The van der Waals surface area contributed by atoms with E-state index in [0.29, 0.717) is 17.9 Å². The van der Waals surface area contributed by atoms with Crippen LogP contribution in [0.2, 0.25) is 5.02 Å². The van der Waals surface area contributed by atoms with Crippen LogP contribution in [-0.4, -0.2) is 23.2 Å². The number of carbonyl (C=O) groups excluding carboxylic acids is 1. The first-order valence-electron chi connectivity index (χ1n) is 7.35. The first-order chi connectivity index (χ1) is 10.6. The van der Waals surface area contributed by atoms with Gasteiger partial charge in [-0.25, -0.2) is 0 Å². The molecule has 0 aliphatic heterocycles. The molecule has 0 bridgehead atoms. The van der Waals surface area contributed by atoms with Crippen molar-refractivity contribution >= 4 is 17.5 Å². The topological polar surface area (TPSA) is 49.3 Å². The van der Waals surface area contributed by atoms with Gasteiger partial charge < -0.3 is 10.4 Å². The Labute approximate surface area is 134 Å². The lowest BCUT2D eigenvalue weighted by molar-refractivity contribution is -0.121. The molecular weight excluding hydrogens is 298 g/mol. The van der Waals surface area contributed by atoms with Crippen LogP contribution < -0.4 is 5.32 Å². The minimum Gasteiger partial charge on any atom is -0.387 e. The molecule has 2 aromatic carbocycles. The van der Waals surface area contributed by atoms with Crippen LogP contribution in [0.1, 0.15) is 16.7 Å². The molecular formula is C18H18ClNO2. The molecule has 2 aromatic rings. The van der Waals surface area contributed by atoms with Crippen molar-refractivity contribution < 1.29 is 9.90 Å². The fourth-order valence-corrected chi connectivity index (χ4v) is 3.14. The van der Waals surface area contributed by atoms with Crippen molar-refractivity contribution in [1.82, 2.24) is 5.32 Å². The Hall–Kier alpha value is -1.84. The lowest BCUT2D eigenvalue weighted by atomic mass is 10.0. The summed E-state index contributed by atoms with van der Waals surface area (Å²) in [5.74, 6) is -0.127. The standard InChI is InChI=1S/C18H18ClNO2/c19-16-8-4-3-5-13(16)9-17(21)20-12-18(22)10-14-6-1-2-7-15(14)11-18/h1-8,22H,9-12H2,(H,20,21). The maximum Gasteiger partial charge on any atom is 0.224 e. The predicted octanol–water partition coefficient (Wildman–Crippen LogP) is 2.53. The summed E-state index contributed by atoms with van der Waals surface area (Å²) >= 11 is 6.05. The molecule has 3 rings (SSSR count). The van der Waals surface area contributed by atoms with Crippen LogP contribution in [0.25, 0.3) is 0 Å². The lowest BCUT2D eigenvalue weighted by Gasteiger charge is -2.22. The van der Waals surface area contributed by atoms with E-state index >= 15 is 0 Å². The molecule has 3 nitrogen and oxygen atoms in total. The maximum atomic E-state index is 12.1. The van der Waals surface area contributed by atoms with Gasteiger partial charge in [0.2, 0.25) is 5.91 Å². The van der Waals surface area contributed by atoms with Crippen LogP contribution in [0.5, 0.6) is 0 Å². The second-order valence-corrected chi connectivity index (χ2v) is 6.30. The largest absolute Gasteiger partial charge is 0.387 e. The smallest absolute Gasteiger partial charge is 0.224 e. The van der Waals surface area contributed by atoms with E-state index in [1.807, 2.05) is 42.5 Å². The third kappa shape index (κ3) is 3.32. The second-order valence-electron chi connectivity index (χ2n) is 5.89. The average molecular weight is 316 g/mol. The fraction of sp³-hybridized carbons (Fsp3) is 0.278. The number of rotatable bonds is 4. The zero-order valence-corrected chi connectivity index (χ0v) is 12.9. The first kappa shape index (κ1) is 15.1. The number of hydrogen-bond acceptors (Lipinski definition) is 2. The molecule has 22 heavy (non-hydrogen) atoms. The van der Waals surface area contributed by atoms with Gasteiger partial charge >= 0.3 is 0 Å². The lowest BCUT2D eigenvalue weighted by Crippen LogP contribution is -2.44. The second kappa shape index (κ2) is 6.11. The van der Waals surface area contributed by atoms with Gasteiger partial charge in [-0.1, -0.05) is 54.1 Å². The molecule has 0 fully saturated rings. The van der Waals surface area contributed by atoms with Crippen LogP contribution in [-0.2, 0) is 24.1 Å². The van der Waals surface area contributed by atoms with Crippen molar-refractivity contribution in [2.24, 2.45) is 0 Å². The zero-order chi connectivity index (χ0) is 15.6. The van der Waals surface area contributed by atoms with E-state index in [4.69, 9.17) is 11.6 Å². The van der Waals surface area contributed by atoms with E-state index in [9.17, 15) is 9.90 Å². The number of aliphatic hydroxyl groups is 1. The highest BCUT2D eigenvalue weighted by Gasteiger charge is 2.35. The number of halogens is 1. The van der Waals surface area contributed by atoms with Crippen molar-refractivity contribution in [3.63, 3.8) is 0 Å². The Balaban J connectivity index is 1.57. The van der Waals surface area contributed by atoms with Gasteiger partial charge in [-0.2, -0.15) is 0 Å². The number of benzene rings is 2. The molecule has 0 saturated heterocycles. The van der Waals surface area contributed by atoms with Crippen LogP contribution in [0.3, 0.4) is 0 Å². The Morgan fingerprint density at radius 3 is 2.32 bits per heavy atom. The Morgan fingerprint density at radius 1 is 1.09 bits per heavy atom. The fourth-order valence-electron chi connectivity index (χ4n) is 2.94. The summed E-state index contributed by atoms with van der Waals surface area (Å²) in [4.78, 5) is 12.1. The monoisotopic (exact) mass is 315 g/mol. The van der Waals surface area contributed by atoms with E-state index in [2.05, 4.69) is 5.32 Å². The Bertz CT molecular complexity index is 674. The van der Waals surface area contributed by atoms with Crippen LogP contribution in [0.4, 0.5) is 0 Å². The Kier molecular flexibility index (Phi) is 4.19. The van der Waals surface area contributed by atoms with Crippen molar-refractivity contribution in [3.8, 4) is 0 Å². The van der Waals surface area contributed by atoms with E-state index in [1.54, 1.807) is 6.07 Å². The number of hydrogen-bond donors (Lipinski definition) is 2. The minimum absolute atomic E-state index is 0.127. The van der Waals surface area contributed by atoms with Crippen LogP contribution in [0.15, 0.2) is 48.5 Å². The SMILES string of the molecule is O=C(Cc1ccccc1Cl)NCC1(O)Cc2ccccc2C1. The van der Waals surface area contributed by atoms with Gasteiger partial charge in [0.25, 0.3) is 0 Å². The highest BCUT2D eigenvalue weighted by molar-refractivity contribution is 6.31. The number of carbonyl (C=O) groups is 1. The molecule has 0 saturated carbocycles. The zero-order valence-electron chi connectivity index (χ0n) is 12.2. The summed E-state index contributed by atoms with van der Waals surface area (Å²) in [5.41, 5.74) is 2.22. The molecule has 0 spiro atoms. The molecule has 0 radical (unpaired) electrons. The molecule has 0 unspecified atom stereocenters. The maximum absolute atomic E-state index is 12.1. The molecule has 0 heterocycles. The van der Waals surface area contributed by atoms with E-state index in [-0.39, 0.29) is 18.9 Å². The molecule has 1 aliphatic carbocycles. The molecule has 1 amide bonds. The number of fused-ring (bicyclic) bond motifs is 1. The predicted molar refractivity (Wildman–Crippen MR) is 87.0 cm³/mol. The summed E-state index contributed by atoms with van der Waals surface area (Å²) in [7, 11) is 0. The molecule has 2 N–H and O–H groups in total.